The van der Waals surface area contributed by atoms with Crippen molar-refractivity contribution in [3.63, 3.8) is 0 Å². The molecule has 0 spiro atoms. The molecule has 1 aliphatic heterocycles. The molecule has 174 valence electrons. The maximum Gasteiger partial charge on any atom is 0.335 e. The van der Waals surface area contributed by atoms with E-state index < -0.39 is 11.9 Å². The van der Waals surface area contributed by atoms with Crippen LogP contribution in [0.3, 0.4) is 0 Å². The number of likely N-dealkylation sites (tertiary alicyclic amines) is 1. The molecule has 8 heteroatoms. The lowest BCUT2D eigenvalue weighted by Crippen LogP contribution is -2.39. The minimum Gasteiger partial charge on any atom is -0.478 e. The predicted octanol–water partition coefficient (Wildman–Crippen LogP) is 4.72. The van der Waals surface area contributed by atoms with E-state index in [-0.39, 0.29) is 23.0 Å². The number of carbonyl (C=O) groups excluding carboxylic acids is 2. The Morgan fingerprint density at radius 2 is 1.59 bits per heavy atom. The summed E-state index contributed by atoms with van der Waals surface area (Å²) in [5.74, 6) is -1.91. The highest BCUT2D eigenvalue weighted by atomic mass is 16.4. The lowest BCUT2D eigenvalue weighted by molar-refractivity contribution is 0.0693. The summed E-state index contributed by atoms with van der Waals surface area (Å²) in [6, 6.07) is 15.3. The van der Waals surface area contributed by atoms with Crippen LogP contribution in [0, 0.1) is 18.8 Å². The van der Waals surface area contributed by atoms with Gasteiger partial charge in [-0.15, -0.1) is 4.91 Å². The number of aromatic nitrogens is 1. The van der Waals surface area contributed by atoms with Crippen LogP contribution in [-0.4, -0.2) is 45.4 Å². The maximum absolute atomic E-state index is 13.4. The van der Waals surface area contributed by atoms with Crippen molar-refractivity contribution in [1.82, 2.24) is 9.47 Å². The number of aromatic carboxylic acids is 1. The number of carbonyl (C=O) groups is 3. The number of nitrogens with zero attached hydrogens (tertiary/aromatic N) is 3. The fourth-order valence-corrected chi connectivity index (χ4v) is 4.64. The van der Waals surface area contributed by atoms with Crippen molar-refractivity contribution < 1.29 is 19.5 Å². The van der Waals surface area contributed by atoms with Crippen LogP contribution in [0.1, 0.15) is 66.8 Å². The monoisotopic (exact) mass is 459 g/mol. The second-order valence-corrected chi connectivity index (χ2v) is 8.60. The molecule has 4 rings (SSSR count). The van der Waals surface area contributed by atoms with E-state index in [1.165, 1.54) is 6.07 Å². The predicted molar refractivity (Wildman–Crippen MR) is 127 cm³/mol. The average molecular weight is 460 g/mol. The molecule has 1 saturated heterocycles. The summed E-state index contributed by atoms with van der Waals surface area (Å²) in [5, 5.41) is 11.7. The molecule has 2 amide bonds. The molecule has 0 radical (unpaired) electrons. The van der Waals surface area contributed by atoms with Gasteiger partial charge in [-0.25, -0.2) is 4.79 Å². The second kappa shape index (κ2) is 9.43. The highest BCUT2D eigenvalue weighted by Gasteiger charge is 2.27. The van der Waals surface area contributed by atoms with Gasteiger partial charge in [0.1, 0.15) is 0 Å². The first-order chi connectivity index (χ1) is 16.3. The molecule has 0 saturated carbocycles. The normalized spacial score (nSPS) is 15.7. The number of aryl methyl sites for hydroxylation is 2. The van der Waals surface area contributed by atoms with Crippen molar-refractivity contribution >= 4 is 17.8 Å². The number of rotatable bonds is 5. The standard InChI is InChI=1S/C26H25N3O5/c1-16-5-6-17(2)29(16)23-14-20(11-12-22(23)24(30)27-34)25(31)28-13-3-4-21(15-28)18-7-9-19(10-8-18)26(32)33/h5-12,14,21H,3-4,13,15H2,1-2H3,(H,32,33). The van der Waals surface area contributed by atoms with Crippen LogP contribution in [0.5, 0.6) is 0 Å². The van der Waals surface area contributed by atoms with E-state index in [4.69, 9.17) is 5.11 Å². The van der Waals surface area contributed by atoms with Crippen LogP contribution >= 0.6 is 0 Å². The van der Waals surface area contributed by atoms with Gasteiger partial charge in [0, 0.05) is 41.1 Å². The molecule has 8 nitrogen and oxygen atoms in total. The molecule has 1 aromatic heterocycles. The Bertz CT molecular complexity index is 1260. The molecule has 0 bridgehead atoms. The molecular weight excluding hydrogens is 434 g/mol. The molecule has 34 heavy (non-hydrogen) atoms. The van der Waals surface area contributed by atoms with Crippen molar-refractivity contribution in [3.05, 3.63) is 93.1 Å². The summed E-state index contributed by atoms with van der Waals surface area (Å²) in [6.45, 7) is 4.89. The highest BCUT2D eigenvalue weighted by molar-refractivity contribution is 6.01. The summed E-state index contributed by atoms with van der Waals surface area (Å²) < 4.78 is 1.83. The zero-order chi connectivity index (χ0) is 24.4. The van der Waals surface area contributed by atoms with Gasteiger partial charge in [-0.2, -0.15) is 0 Å². The first-order valence-electron chi connectivity index (χ1n) is 11.1. The van der Waals surface area contributed by atoms with E-state index in [0.29, 0.717) is 24.3 Å². The summed E-state index contributed by atoms with van der Waals surface area (Å²) >= 11 is 0. The van der Waals surface area contributed by atoms with Crippen molar-refractivity contribution in [3.8, 4) is 5.69 Å². The van der Waals surface area contributed by atoms with Crippen molar-refractivity contribution in [2.75, 3.05) is 13.1 Å². The zero-order valence-electron chi connectivity index (χ0n) is 19.0. The Hall–Kier alpha value is -4.07. The number of nitroso groups, excluding NO2 is 1. The van der Waals surface area contributed by atoms with Gasteiger partial charge in [0.15, 0.2) is 0 Å². The lowest BCUT2D eigenvalue weighted by Gasteiger charge is -2.33. The fraction of sp³-hybridized carbons (Fsp3) is 0.269. The van der Waals surface area contributed by atoms with Gasteiger partial charge in [0.25, 0.3) is 5.91 Å². The maximum atomic E-state index is 13.4. The number of carboxylic acids is 1. The quantitative estimate of drug-likeness (QED) is 0.556. The smallest absolute Gasteiger partial charge is 0.335 e. The largest absolute Gasteiger partial charge is 0.478 e. The minimum absolute atomic E-state index is 0.106. The molecule has 1 fully saturated rings. The number of benzene rings is 2. The van der Waals surface area contributed by atoms with Gasteiger partial charge in [-0.3, -0.25) is 9.59 Å². The van der Waals surface area contributed by atoms with E-state index in [1.54, 1.807) is 29.2 Å². The van der Waals surface area contributed by atoms with Crippen LogP contribution in [0.4, 0.5) is 0 Å². The second-order valence-electron chi connectivity index (χ2n) is 8.60. The molecule has 1 unspecified atom stereocenters. The van der Waals surface area contributed by atoms with Gasteiger partial charge in [0.05, 0.1) is 16.8 Å². The number of hydrogen-bond acceptors (Lipinski definition) is 4. The molecule has 0 aliphatic carbocycles. The van der Waals surface area contributed by atoms with Crippen molar-refractivity contribution in [2.45, 2.75) is 32.6 Å². The van der Waals surface area contributed by atoms with Gasteiger partial charge >= 0.3 is 11.9 Å². The topological polar surface area (TPSA) is 109 Å². The van der Waals surface area contributed by atoms with Gasteiger partial charge in [-0.1, -0.05) is 12.1 Å². The minimum atomic E-state index is -0.970. The summed E-state index contributed by atoms with van der Waals surface area (Å²) in [7, 11) is 0. The Balaban J connectivity index is 1.63. The molecular formula is C26H25N3O5. The van der Waals surface area contributed by atoms with Gasteiger partial charge < -0.3 is 14.6 Å². The molecule has 1 atom stereocenters. The first-order valence-corrected chi connectivity index (χ1v) is 11.1. The summed E-state index contributed by atoms with van der Waals surface area (Å²) in [5.41, 5.74) is 3.98. The van der Waals surface area contributed by atoms with Gasteiger partial charge in [0.2, 0.25) is 0 Å². The van der Waals surface area contributed by atoms with E-state index in [0.717, 1.165) is 29.8 Å². The Morgan fingerprint density at radius 1 is 0.941 bits per heavy atom. The Labute approximate surface area is 196 Å². The lowest BCUT2D eigenvalue weighted by atomic mass is 9.89. The third-order valence-electron chi connectivity index (χ3n) is 6.41. The number of carboxylic acid groups (broad SMARTS) is 1. The third kappa shape index (κ3) is 4.39. The number of piperidine rings is 1. The first kappa shape index (κ1) is 23.1. The van der Waals surface area contributed by atoms with Crippen LogP contribution in [0.15, 0.2) is 59.8 Å². The summed E-state index contributed by atoms with van der Waals surface area (Å²) in [6.07, 6.45) is 1.73. The number of hydrogen-bond donors (Lipinski definition) is 1. The van der Waals surface area contributed by atoms with E-state index >= 15 is 0 Å². The molecule has 3 aromatic rings. The molecule has 2 heterocycles. The van der Waals surface area contributed by atoms with Crippen LogP contribution < -0.4 is 0 Å². The van der Waals surface area contributed by atoms with E-state index in [1.807, 2.05) is 42.7 Å². The van der Waals surface area contributed by atoms with Crippen molar-refractivity contribution in [1.29, 1.82) is 0 Å². The average Bonchev–Trinajstić information content (AvgIpc) is 3.20. The zero-order valence-corrected chi connectivity index (χ0v) is 19.0. The highest BCUT2D eigenvalue weighted by Crippen LogP contribution is 2.29. The van der Waals surface area contributed by atoms with Crippen molar-refractivity contribution in [2.24, 2.45) is 5.18 Å². The van der Waals surface area contributed by atoms with Crippen LogP contribution in [0.25, 0.3) is 5.69 Å². The number of amides is 2. The van der Waals surface area contributed by atoms with E-state index in [2.05, 4.69) is 5.18 Å². The van der Waals surface area contributed by atoms with Gasteiger partial charge in [-0.05, 0) is 74.7 Å². The Morgan fingerprint density at radius 3 is 2.21 bits per heavy atom. The third-order valence-corrected chi connectivity index (χ3v) is 6.41. The SMILES string of the molecule is Cc1ccc(C)n1-c1cc(C(=O)N2CCCC(c3ccc(C(=O)O)cc3)C2)ccc1C(=O)N=O. The molecule has 1 N–H and O–H groups in total. The van der Waals surface area contributed by atoms with Crippen LogP contribution in [-0.2, 0) is 0 Å². The van der Waals surface area contributed by atoms with Crippen LogP contribution in [0.2, 0.25) is 0 Å². The molecule has 2 aromatic carbocycles. The van der Waals surface area contributed by atoms with E-state index in [9.17, 15) is 19.3 Å². The molecule has 1 aliphatic rings. The fourth-order valence-electron chi connectivity index (χ4n) is 4.64. The Kier molecular flexibility index (Phi) is 6.40. The summed E-state index contributed by atoms with van der Waals surface area (Å²) in [4.78, 5) is 49.5.